The zero-order valence-electron chi connectivity index (χ0n) is 10.3. The summed E-state index contributed by atoms with van der Waals surface area (Å²) < 4.78 is 5.69. The van der Waals surface area contributed by atoms with Crippen LogP contribution in [0.3, 0.4) is 0 Å². The van der Waals surface area contributed by atoms with Gasteiger partial charge in [0.25, 0.3) is 0 Å². The number of aryl methyl sites for hydroxylation is 1. The molecule has 0 radical (unpaired) electrons. The van der Waals surface area contributed by atoms with Crippen LogP contribution in [0.15, 0.2) is 24.4 Å². The number of hydrogen-bond acceptors (Lipinski definition) is 3. The predicted molar refractivity (Wildman–Crippen MR) is 68.9 cm³/mol. The van der Waals surface area contributed by atoms with Crippen LogP contribution < -0.4 is 10.5 Å². The fourth-order valence-corrected chi connectivity index (χ4v) is 1.73. The molecule has 0 amide bonds. The Hall–Kier alpha value is -1.97. The summed E-state index contributed by atoms with van der Waals surface area (Å²) >= 11 is 0. The largest absolute Gasteiger partial charge is 0.491 e. The molecule has 0 aliphatic heterocycles. The lowest BCUT2D eigenvalue weighted by atomic mass is 10.1. The molecule has 2 rings (SSSR count). The highest BCUT2D eigenvalue weighted by Gasteiger charge is 2.08. The molecule has 17 heavy (non-hydrogen) atoms. The molecule has 0 fully saturated rings. The van der Waals surface area contributed by atoms with Gasteiger partial charge in [-0.05, 0) is 44.0 Å². The van der Waals surface area contributed by atoms with E-state index in [0.717, 1.165) is 22.4 Å². The summed E-state index contributed by atoms with van der Waals surface area (Å²) in [7, 11) is 0. The van der Waals surface area contributed by atoms with Gasteiger partial charge in [-0.3, -0.25) is 5.10 Å². The van der Waals surface area contributed by atoms with Gasteiger partial charge in [0.15, 0.2) is 0 Å². The van der Waals surface area contributed by atoms with Gasteiger partial charge in [0, 0.05) is 5.56 Å². The number of benzene rings is 1. The average Bonchev–Trinajstić information content (AvgIpc) is 2.67. The van der Waals surface area contributed by atoms with Gasteiger partial charge < -0.3 is 10.5 Å². The van der Waals surface area contributed by atoms with Gasteiger partial charge in [-0.25, -0.2) is 0 Å². The zero-order chi connectivity index (χ0) is 12.4. The van der Waals surface area contributed by atoms with Gasteiger partial charge in [0.1, 0.15) is 11.6 Å². The standard InChI is InChI=1S/C13H17N3O/c1-8(2)17-12-5-4-10(6-9(12)3)11-7-15-16-13(11)14/h4-8H,1-3H3,(H3,14,15,16). The van der Waals surface area contributed by atoms with Crippen LogP contribution in [0.2, 0.25) is 0 Å². The molecule has 0 atom stereocenters. The van der Waals surface area contributed by atoms with Crippen molar-refractivity contribution in [3.8, 4) is 16.9 Å². The van der Waals surface area contributed by atoms with E-state index in [1.165, 1.54) is 0 Å². The number of aromatic nitrogens is 2. The molecule has 0 saturated carbocycles. The minimum atomic E-state index is 0.179. The summed E-state index contributed by atoms with van der Waals surface area (Å²) in [5.41, 5.74) is 8.85. The Labute approximate surface area is 101 Å². The molecule has 4 heteroatoms. The van der Waals surface area contributed by atoms with E-state index in [1.54, 1.807) is 6.20 Å². The Morgan fingerprint density at radius 1 is 1.35 bits per heavy atom. The fourth-order valence-electron chi connectivity index (χ4n) is 1.73. The van der Waals surface area contributed by atoms with Gasteiger partial charge in [0.2, 0.25) is 0 Å². The number of anilines is 1. The molecule has 1 heterocycles. The highest BCUT2D eigenvalue weighted by molar-refractivity contribution is 5.74. The molecule has 0 spiro atoms. The molecular formula is C13H17N3O. The van der Waals surface area contributed by atoms with E-state index in [4.69, 9.17) is 10.5 Å². The average molecular weight is 231 g/mol. The van der Waals surface area contributed by atoms with E-state index in [2.05, 4.69) is 16.3 Å². The maximum atomic E-state index is 5.79. The molecular weight excluding hydrogens is 214 g/mol. The van der Waals surface area contributed by atoms with Crippen LogP contribution in [-0.4, -0.2) is 16.3 Å². The number of nitrogens with two attached hydrogens (primary N) is 1. The maximum absolute atomic E-state index is 5.79. The van der Waals surface area contributed by atoms with Gasteiger partial charge in [0.05, 0.1) is 12.3 Å². The SMILES string of the molecule is Cc1cc(-c2cn[nH]c2N)ccc1OC(C)C. The van der Waals surface area contributed by atoms with Crippen molar-refractivity contribution in [2.45, 2.75) is 26.9 Å². The van der Waals surface area contributed by atoms with Crippen LogP contribution in [0.5, 0.6) is 5.75 Å². The Kier molecular flexibility index (Phi) is 3.04. The second kappa shape index (κ2) is 4.49. The topological polar surface area (TPSA) is 63.9 Å². The zero-order valence-corrected chi connectivity index (χ0v) is 10.3. The van der Waals surface area contributed by atoms with Crippen molar-refractivity contribution in [2.75, 3.05) is 5.73 Å². The van der Waals surface area contributed by atoms with Crippen molar-refractivity contribution in [3.05, 3.63) is 30.0 Å². The highest BCUT2D eigenvalue weighted by atomic mass is 16.5. The first kappa shape index (κ1) is 11.5. The van der Waals surface area contributed by atoms with E-state index < -0.39 is 0 Å². The molecule has 0 aliphatic rings. The van der Waals surface area contributed by atoms with E-state index in [-0.39, 0.29) is 6.10 Å². The summed E-state index contributed by atoms with van der Waals surface area (Å²) in [6.45, 7) is 6.06. The fraction of sp³-hybridized carbons (Fsp3) is 0.308. The van der Waals surface area contributed by atoms with E-state index in [1.807, 2.05) is 32.9 Å². The lowest BCUT2D eigenvalue weighted by molar-refractivity contribution is 0.241. The molecule has 0 aliphatic carbocycles. The van der Waals surface area contributed by atoms with Crippen molar-refractivity contribution in [2.24, 2.45) is 0 Å². The molecule has 0 unspecified atom stereocenters. The number of nitrogens with one attached hydrogen (secondary N) is 1. The minimum absolute atomic E-state index is 0.179. The van der Waals surface area contributed by atoms with Gasteiger partial charge in [-0.1, -0.05) is 6.07 Å². The molecule has 1 aromatic heterocycles. The third-order valence-electron chi connectivity index (χ3n) is 2.52. The predicted octanol–water partition coefficient (Wildman–Crippen LogP) is 2.75. The minimum Gasteiger partial charge on any atom is -0.491 e. The Balaban J connectivity index is 2.34. The third kappa shape index (κ3) is 2.41. The first-order chi connectivity index (χ1) is 8.08. The Morgan fingerprint density at radius 3 is 2.65 bits per heavy atom. The Morgan fingerprint density at radius 2 is 2.12 bits per heavy atom. The smallest absolute Gasteiger partial charge is 0.126 e. The van der Waals surface area contributed by atoms with Crippen molar-refractivity contribution in [3.63, 3.8) is 0 Å². The second-order valence-corrected chi connectivity index (χ2v) is 4.34. The summed E-state index contributed by atoms with van der Waals surface area (Å²) in [5.74, 6) is 1.49. The quantitative estimate of drug-likeness (QED) is 0.853. The van der Waals surface area contributed by atoms with Crippen molar-refractivity contribution in [1.82, 2.24) is 10.2 Å². The number of ether oxygens (including phenoxy) is 1. The monoisotopic (exact) mass is 231 g/mol. The lowest BCUT2D eigenvalue weighted by Crippen LogP contribution is -2.06. The van der Waals surface area contributed by atoms with Crippen LogP contribution in [-0.2, 0) is 0 Å². The van der Waals surface area contributed by atoms with Crippen LogP contribution in [0.4, 0.5) is 5.82 Å². The first-order valence-electron chi connectivity index (χ1n) is 5.64. The van der Waals surface area contributed by atoms with Gasteiger partial charge >= 0.3 is 0 Å². The molecule has 0 bridgehead atoms. The van der Waals surface area contributed by atoms with E-state index >= 15 is 0 Å². The molecule has 90 valence electrons. The molecule has 0 saturated heterocycles. The number of H-pyrrole nitrogens is 1. The number of nitrogen functional groups attached to an aromatic ring is 1. The molecule has 4 nitrogen and oxygen atoms in total. The van der Waals surface area contributed by atoms with Crippen LogP contribution in [0.25, 0.3) is 11.1 Å². The van der Waals surface area contributed by atoms with E-state index in [0.29, 0.717) is 5.82 Å². The summed E-state index contributed by atoms with van der Waals surface area (Å²) in [6, 6.07) is 6.02. The number of nitrogens with zero attached hydrogens (tertiary/aromatic N) is 1. The number of hydrogen-bond donors (Lipinski definition) is 2. The van der Waals surface area contributed by atoms with Crippen molar-refractivity contribution < 1.29 is 4.74 Å². The summed E-state index contributed by atoms with van der Waals surface area (Å²) in [6.07, 6.45) is 1.91. The molecule has 2 aromatic rings. The summed E-state index contributed by atoms with van der Waals surface area (Å²) in [4.78, 5) is 0. The Bertz CT molecular complexity index is 517. The van der Waals surface area contributed by atoms with E-state index in [9.17, 15) is 0 Å². The lowest BCUT2D eigenvalue weighted by Gasteiger charge is -2.13. The van der Waals surface area contributed by atoms with Crippen LogP contribution >= 0.6 is 0 Å². The van der Waals surface area contributed by atoms with Crippen molar-refractivity contribution >= 4 is 5.82 Å². The van der Waals surface area contributed by atoms with Crippen LogP contribution in [0, 0.1) is 6.92 Å². The summed E-state index contributed by atoms with van der Waals surface area (Å²) in [5, 5.41) is 6.65. The second-order valence-electron chi connectivity index (χ2n) is 4.34. The number of aromatic amines is 1. The molecule has 1 aromatic carbocycles. The van der Waals surface area contributed by atoms with Gasteiger partial charge in [-0.2, -0.15) is 5.10 Å². The normalized spacial score (nSPS) is 10.8. The highest BCUT2D eigenvalue weighted by Crippen LogP contribution is 2.28. The maximum Gasteiger partial charge on any atom is 0.126 e. The third-order valence-corrected chi connectivity index (χ3v) is 2.52. The molecule has 3 N–H and O–H groups in total. The first-order valence-corrected chi connectivity index (χ1v) is 5.64. The number of rotatable bonds is 3. The van der Waals surface area contributed by atoms with Gasteiger partial charge in [-0.15, -0.1) is 0 Å². The van der Waals surface area contributed by atoms with Crippen molar-refractivity contribution in [1.29, 1.82) is 0 Å². The van der Waals surface area contributed by atoms with Crippen LogP contribution in [0.1, 0.15) is 19.4 Å².